The Kier molecular flexibility index (Phi) is 5.11. The van der Waals surface area contributed by atoms with E-state index in [1.165, 1.54) is 9.33 Å². The second kappa shape index (κ2) is 5.89. The molecule has 2 radical (unpaired) electrons. The van der Waals surface area contributed by atoms with E-state index in [2.05, 4.69) is 30.5 Å². The van der Waals surface area contributed by atoms with Gasteiger partial charge in [-0.05, 0) is 0 Å². The van der Waals surface area contributed by atoms with Crippen LogP contribution in [-0.4, -0.2) is 31.2 Å². The van der Waals surface area contributed by atoms with Gasteiger partial charge in [-0.3, -0.25) is 0 Å². The van der Waals surface area contributed by atoms with E-state index >= 15 is 0 Å². The fourth-order valence-corrected chi connectivity index (χ4v) is 5.68. The normalized spacial score (nSPS) is 10.2. The first kappa shape index (κ1) is 10.4. The zero-order chi connectivity index (χ0) is 8.81. The van der Waals surface area contributed by atoms with Crippen molar-refractivity contribution < 1.29 is 0 Å². The Morgan fingerprint density at radius 1 is 1.42 bits per heavy atom. The summed E-state index contributed by atoms with van der Waals surface area (Å²) in [5.41, 5.74) is 7.00. The molecule has 1 nitrogen and oxygen atoms in total. The van der Waals surface area contributed by atoms with Crippen LogP contribution in [0, 0.1) is 0 Å². The van der Waals surface area contributed by atoms with Gasteiger partial charge in [0.25, 0.3) is 0 Å². The zero-order valence-electron chi connectivity index (χ0n) is 7.21. The molecule has 0 aliphatic carbocycles. The Balaban J connectivity index is 2.68. The molecule has 0 amide bonds. The molecular formula is C9H13NSSn. The standard InChI is InChI=1S/C7H8N.C2H5S.Sn/c8-6-7-4-2-1-3-5-7;1-3-2;/h1-4H,6,8H2;1H2,2H3;. The van der Waals surface area contributed by atoms with Crippen molar-refractivity contribution in [1.29, 1.82) is 0 Å². The molecule has 0 spiro atoms. The average molecular weight is 286 g/mol. The molecule has 0 atom stereocenters. The van der Waals surface area contributed by atoms with Crippen LogP contribution in [-0.2, 0) is 6.54 Å². The molecule has 1 aromatic carbocycles. The van der Waals surface area contributed by atoms with E-state index in [0.717, 1.165) is 0 Å². The maximum atomic E-state index is 5.64. The van der Waals surface area contributed by atoms with Crippen LogP contribution in [0.15, 0.2) is 24.3 Å². The molecule has 3 heteroatoms. The molecular weight excluding hydrogens is 273 g/mol. The van der Waals surface area contributed by atoms with Gasteiger partial charge < -0.3 is 0 Å². The summed E-state index contributed by atoms with van der Waals surface area (Å²) in [4.78, 5) is 0. The molecule has 0 fully saturated rings. The van der Waals surface area contributed by atoms with Crippen molar-refractivity contribution in [2.24, 2.45) is 5.73 Å². The van der Waals surface area contributed by atoms with Crippen LogP contribution in [0.5, 0.6) is 0 Å². The fraction of sp³-hybridized carbons (Fsp3) is 0.333. The van der Waals surface area contributed by atoms with Gasteiger partial charge in [0, 0.05) is 0 Å². The van der Waals surface area contributed by atoms with Crippen LogP contribution in [0.4, 0.5) is 0 Å². The van der Waals surface area contributed by atoms with Crippen LogP contribution in [0.25, 0.3) is 0 Å². The summed E-state index contributed by atoms with van der Waals surface area (Å²) in [5.74, 6) is 0. The van der Waals surface area contributed by atoms with Gasteiger partial charge in [0.05, 0.1) is 0 Å². The maximum absolute atomic E-state index is 5.64. The second-order valence-corrected chi connectivity index (χ2v) is 8.36. The molecule has 1 rings (SSSR count). The minimum absolute atomic E-state index is 0.338. The van der Waals surface area contributed by atoms with E-state index < -0.39 is 0 Å². The molecule has 0 aliphatic rings. The summed E-state index contributed by atoms with van der Waals surface area (Å²) < 4.78 is 2.92. The van der Waals surface area contributed by atoms with Gasteiger partial charge in [0.1, 0.15) is 0 Å². The molecule has 64 valence electrons. The number of hydrogen-bond acceptors (Lipinski definition) is 2. The van der Waals surface area contributed by atoms with E-state index in [9.17, 15) is 0 Å². The summed E-state index contributed by atoms with van der Waals surface area (Å²) in [7, 11) is 0. The van der Waals surface area contributed by atoms with Crippen LogP contribution in [0.1, 0.15) is 5.56 Å². The SMILES string of the molecule is CS[CH2][Sn][c]1ccccc1CN. The summed E-state index contributed by atoms with van der Waals surface area (Å²) in [5, 5.41) is 0. The second-order valence-electron chi connectivity index (χ2n) is 2.47. The molecule has 1 aromatic rings. The van der Waals surface area contributed by atoms with Crippen molar-refractivity contribution >= 4 is 36.5 Å². The third kappa shape index (κ3) is 2.99. The van der Waals surface area contributed by atoms with Crippen molar-refractivity contribution in [2.75, 3.05) is 10.0 Å². The van der Waals surface area contributed by atoms with Gasteiger partial charge in [-0.25, -0.2) is 0 Å². The Morgan fingerprint density at radius 2 is 2.17 bits per heavy atom. The van der Waals surface area contributed by atoms with Gasteiger partial charge in [0.2, 0.25) is 0 Å². The molecule has 0 saturated heterocycles. The van der Waals surface area contributed by atoms with Crippen molar-refractivity contribution in [2.45, 2.75) is 6.54 Å². The number of benzene rings is 1. The third-order valence-corrected chi connectivity index (χ3v) is 8.26. The van der Waals surface area contributed by atoms with Gasteiger partial charge in [-0.2, -0.15) is 0 Å². The minimum atomic E-state index is -0.338. The Bertz CT molecular complexity index is 240. The fourth-order valence-electron chi connectivity index (χ4n) is 1.02. The molecule has 0 bridgehead atoms. The Labute approximate surface area is 88.3 Å². The van der Waals surface area contributed by atoms with Crippen molar-refractivity contribution in [3.05, 3.63) is 29.8 Å². The third-order valence-electron chi connectivity index (χ3n) is 1.64. The summed E-state index contributed by atoms with van der Waals surface area (Å²) in [6.07, 6.45) is 2.17. The van der Waals surface area contributed by atoms with Crippen LogP contribution < -0.4 is 9.31 Å². The molecule has 0 heterocycles. The molecule has 0 saturated carbocycles. The van der Waals surface area contributed by atoms with Crippen LogP contribution in [0.2, 0.25) is 0 Å². The van der Waals surface area contributed by atoms with Crippen LogP contribution in [0.3, 0.4) is 0 Å². The van der Waals surface area contributed by atoms with Gasteiger partial charge in [0.15, 0.2) is 0 Å². The Hall–Kier alpha value is 0.329. The van der Waals surface area contributed by atoms with Crippen LogP contribution >= 0.6 is 11.8 Å². The summed E-state index contributed by atoms with van der Waals surface area (Å²) in [6, 6.07) is 8.58. The Morgan fingerprint density at radius 3 is 2.83 bits per heavy atom. The van der Waals surface area contributed by atoms with Gasteiger partial charge >= 0.3 is 88.6 Å². The van der Waals surface area contributed by atoms with Gasteiger partial charge in [-0.15, -0.1) is 0 Å². The quantitative estimate of drug-likeness (QED) is 0.828. The number of thioether (sulfide) groups is 1. The first-order valence-electron chi connectivity index (χ1n) is 3.89. The molecule has 0 unspecified atom stereocenters. The molecule has 0 aliphatic heterocycles. The summed E-state index contributed by atoms with van der Waals surface area (Å²) in [6.45, 7) is 0.700. The topological polar surface area (TPSA) is 26.0 Å². The average Bonchev–Trinajstić information content (AvgIpc) is 2.15. The van der Waals surface area contributed by atoms with Crippen molar-refractivity contribution in [3.63, 3.8) is 0 Å². The molecule has 0 aromatic heterocycles. The van der Waals surface area contributed by atoms with E-state index in [1.54, 1.807) is 3.58 Å². The van der Waals surface area contributed by atoms with E-state index in [0.29, 0.717) is 6.54 Å². The predicted molar refractivity (Wildman–Crippen MR) is 58.1 cm³/mol. The monoisotopic (exact) mass is 287 g/mol. The summed E-state index contributed by atoms with van der Waals surface area (Å²) >= 11 is 1.61. The predicted octanol–water partition coefficient (Wildman–Crippen LogP) is 0.795. The zero-order valence-corrected chi connectivity index (χ0v) is 10.9. The van der Waals surface area contributed by atoms with E-state index in [4.69, 9.17) is 5.73 Å². The first-order chi connectivity index (χ1) is 5.88. The first-order valence-corrected chi connectivity index (χ1v) is 8.73. The van der Waals surface area contributed by atoms with E-state index in [1.807, 2.05) is 11.8 Å². The van der Waals surface area contributed by atoms with E-state index in [-0.39, 0.29) is 21.1 Å². The van der Waals surface area contributed by atoms with Crippen molar-refractivity contribution in [1.82, 2.24) is 0 Å². The van der Waals surface area contributed by atoms with Crippen molar-refractivity contribution in [3.8, 4) is 0 Å². The number of rotatable bonds is 4. The van der Waals surface area contributed by atoms with Gasteiger partial charge in [-0.1, -0.05) is 0 Å². The number of nitrogens with two attached hydrogens (primary N) is 1. The number of hydrogen-bond donors (Lipinski definition) is 1. The molecule has 2 N–H and O–H groups in total. The molecule has 12 heavy (non-hydrogen) atoms.